The number of anilines is 1. The van der Waals surface area contributed by atoms with Crippen LogP contribution >= 0.6 is 0 Å². The lowest BCUT2D eigenvalue weighted by molar-refractivity contribution is -0.143. The Hall–Kier alpha value is -2.22. The van der Waals surface area contributed by atoms with E-state index in [2.05, 4.69) is 0 Å². The van der Waals surface area contributed by atoms with Gasteiger partial charge < -0.3 is 15.2 Å². The molecule has 1 aliphatic rings. The third-order valence-electron chi connectivity index (χ3n) is 2.30. The van der Waals surface area contributed by atoms with Crippen molar-refractivity contribution in [3.05, 3.63) is 23.8 Å². The Balaban J connectivity index is 2.16. The molecule has 1 aromatic carbocycles. The summed E-state index contributed by atoms with van der Waals surface area (Å²) in [5, 5.41) is 8.66. The lowest BCUT2D eigenvalue weighted by Gasteiger charge is -2.11. The topological polar surface area (TPSA) is 85.3 Å². The van der Waals surface area contributed by atoms with E-state index < -0.39 is 6.10 Å². The predicted molar refractivity (Wildman–Crippen MR) is 55.6 cm³/mol. The van der Waals surface area contributed by atoms with Crippen LogP contribution in [0.1, 0.15) is 12.0 Å². The van der Waals surface area contributed by atoms with Gasteiger partial charge in [0.1, 0.15) is 5.75 Å². The Morgan fingerprint density at radius 1 is 1.56 bits per heavy atom. The maximum Gasteiger partial charge on any atom is 0.347 e. The molecule has 0 spiro atoms. The molecule has 1 aliphatic heterocycles. The van der Waals surface area contributed by atoms with Gasteiger partial charge in [-0.1, -0.05) is 0 Å². The number of hydrogen-bond acceptors (Lipinski definition) is 5. The van der Waals surface area contributed by atoms with Gasteiger partial charge in [0.15, 0.2) is 6.10 Å². The smallest absolute Gasteiger partial charge is 0.347 e. The normalized spacial score (nSPS) is 18.9. The second-order valence-electron chi connectivity index (χ2n) is 3.43. The van der Waals surface area contributed by atoms with Gasteiger partial charge >= 0.3 is 5.97 Å². The summed E-state index contributed by atoms with van der Waals surface area (Å²) in [7, 11) is 0. The van der Waals surface area contributed by atoms with Crippen LogP contribution in [0.25, 0.3) is 0 Å². The van der Waals surface area contributed by atoms with Gasteiger partial charge in [-0.05, 0) is 18.2 Å². The van der Waals surface area contributed by atoms with E-state index in [0.717, 1.165) is 0 Å². The average molecular weight is 218 g/mol. The molecule has 1 atom stereocenters. The summed E-state index contributed by atoms with van der Waals surface area (Å²) in [6, 6.07) is 6.65. The fourth-order valence-corrected chi connectivity index (χ4v) is 1.46. The number of carbonyl (C=O) groups excluding carboxylic acids is 1. The number of hydrogen-bond donors (Lipinski definition) is 1. The van der Waals surface area contributed by atoms with E-state index in [-0.39, 0.29) is 5.97 Å². The maximum atomic E-state index is 11.2. The molecule has 82 valence electrons. The number of ether oxygens (including phenoxy) is 2. The van der Waals surface area contributed by atoms with Crippen LogP contribution < -0.4 is 10.5 Å². The van der Waals surface area contributed by atoms with E-state index in [4.69, 9.17) is 20.5 Å². The van der Waals surface area contributed by atoms with E-state index in [1.807, 2.05) is 6.07 Å². The zero-order chi connectivity index (χ0) is 11.5. The van der Waals surface area contributed by atoms with Crippen LogP contribution in [-0.2, 0) is 9.53 Å². The standard InChI is InChI=1S/C11H10N2O3/c12-6-7-1-2-9(8(13)5-7)16-10-3-4-15-11(10)14/h1-2,5,10H,3-4,13H2. The Morgan fingerprint density at radius 2 is 2.38 bits per heavy atom. The van der Waals surface area contributed by atoms with E-state index in [1.165, 1.54) is 6.07 Å². The number of esters is 1. The number of cyclic esters (lactones) is 1. The molecule has 5 nitrogen and oxygen atoms in total. The van der Waals surface area contributed by atoms with Crippen molar-refractivity contribution in [2.75, 3.05) is 12.3 Å². The summed E-state index contributed by atoms with van der Waals surface area (Å²) in [5.41, 5.74) is 6.50. The third kappa shape index (κ3) is 1.91. The molecular formula is C11H10N2O3. The minimum Gasteiger partial charge on any atom is -0.476 e. The highest BCUT2D eigenvalue weighted by Gasteiger charge is 2.28. The zero-order valence-corrected chi connectivity index (χ0v) is 8.47. The zero-order valence-electron chi connectivity index (χ0n) is 8.47. The molecule has 1 fully saturated rings. The molecule has 2 N–H and O–H groups in total. The van der Waals surface area contributed by atoms with Crippen LogP contribution in [0.2, 0.25) is 0 Å². The molecule has 1 aromatic rings. The van der Waals surface area contributed by atoms with Crippen molar-refractivity contribution in [2.24, 2.45) is 0 Å². The summed E-state index contributed by atoms with van der Waals surface area (Å²) >= 11 is 0. The van der Waals surface area contributed by atoms with Crippen molar-refractivity contribution in [3.8, 4) is 11.8 Å². The van der Waals surface area contributed by atoms with Crippen molar-refractivity contribution in [2.45, 2.75) is 12.5 Å². The minimum atomic E-state index is -0.588. The van der Waals surface area contributed by atoms with Crippen LogP contribution in [0.3, 0.4) is 0 Å². The molecule has 1 unspecified atom stereocenters. The molecule has 0 bridgehead atoms. The highest BCUT2D eigenvalue weighted by atomic mass is 16.6. The van der Waals surface area contributed by atoms with Gasteiger partial charge in [0.25, 0.3) is 0 Å². The average Bonchev–Trinajstić information content (AvgIpc) is 2.67. The third-order valence-corrected chi connectivity index (χ3v) is 2.30. The fourth-order valence-electron chi connectivity index (χ4n) is 1.46. The summed E-state index contributed by atoms with van der Waals surface area (Å²) in [6.07, 6.45) is -0.0617. The largest absolute Gasteiger partial charge is 0.476 e. The SMILES string of the molecule is N#Cc1ccc(OC2CCOC2=O)c(N)c1. The second-order valence-corrected chi connectivity index (χ2v) is 3.43. The summed E-state index contributed by atoms with van der Waals surface area (Å²) in [5.74, 6) is 0.0339. The van der Waals surface area contributed by atoms with Crippen molar-refractivity contribution in [1.82, 2.24) is 0 Å². The Labute approximate surface area is 92.4 Å². The first-order chi connectivity index (χ1) is 7.70. The number of benzene rings is 1. The van der Waals surface area contributed by atoms with Gasteiger partial charge in [-0.2, -0.15) is 5.26 Å². The van der Waals surface area contributed by atoms with E-state index in [0.29, 0.717) is 30.0 Å². The number of carbonyl (C=O) groups is 1. The van der Waals surface area contributed by atoms with Crippen molar-refractivity contribution in [3.63, 3.8) is 0 Å². The Kier molecular flexibility index (Phi) is 2.64. The summed E-state index contributed by atoms with van der Waals surface area (Å²) in [4.78, 5) is 11.2. The van der Waals surface area contributed by atoms with Gasteiger partial charge in [-0.15, -0.1) is 0 Å². The van der Waals surface area contributed by atoms with E-state index >= 15 is 0 Å². The fraction of sp³-hybridized carbons (Fsp3) is 0.273. The molecule has 16 heavy (non-hydrogen) atoms. The van der Waals surface area contributed by atoms with Crippen molar-refractivity contribution >= 4 is 11.7 Å². The molecule has 0 amide bonds. The van der Waals surface area contributed by atoms with Gasteiger partial charge in [-0.25, -0.2) is 4.79 Å². The number of nitrogen functional groups attached to an aromatic ring is 1. The van der Waals surface area contributed by atoms with Crippen LogP contribution in [0.5, 0.6) is 5.75 Å². The first-order valence-corrected chi connectivity index (χ1v) is 4.83. The molecule has 2 rings (SSSR count). The van der Waals surface area contributed by atoms with Crippen molar-refractivity contribution < 1.29 is 14.3 Å². The maximum absolute atomic E-state index is 11.2. The predicted octanol–water partition coefficient (Wildman–Crippen LogP) is 0.835. The number of nitrogens with zero attached hydrogens (tertiary/aromatic N) is 1. The molecule has 0 aliphatic carbocycles. The number of nitriles is 1. The van der Waals surface area contributed by atoms with Crippen LogP contribution in [0, 0.1) is 11.3 Å². The van der Waals surface area contributed by atoms with Gasteiger partial charge in [0.05, 0.1) is 23.9 Å². The van der Waals surface area contributed by atoms with Crippen LogP contribution in [0.15, 0.2) is 18.2 Å². The number of rotatable bonds is 2. The molecule has 0 saturated carbocycles. The second kappa shape index (κ2) is 4.11. The van der Waals surface area contributed by atoms with Gasteiger partial charge in [0, 0.05) is 6.42 Å². The molecule has 0 aromatic heterocycles. The van der Waals surface area contributed by atoms with Crippen LogP contribution in [-0.4, -0.2) is 18.7 Å². The summed E-state index contributed by atoms with van der Waals surface area (Å²) in [6.45, 7) is 0.375. The lowest BCUT2D eigenvalue weighted by Crippen LogP contribution is -2.22. The molecule has 1 saturated heterocycles. The molecule has 5 heteroatoms. The van der Waals surface area contributed by atoms with E-state index in [1.54, 1.807) is 12.1 Å². The minimum absolute atomic E-state index is 0.346. The first-order valence-electron chi connectivity index (χ1n) is 4.83. The van der Waals surface area contributed by atoms with Gasteiger partial charge in [0.2, 0.25) is 0 Å². The molecule has 1 heterocycles. The monoisotopic (exact) mass is 218 g/mol. The first kappa shape index (κ1) is 10.3. The van der Waals surface area contributed by atoms with Crippen LogP contribution in [0.4, 0.5) is 5.69 Å². The Morgan fingerprint density at radius 3 is 2.94 bits per heavy atom. The quantitative estimate of drug-likeness (QED) is 0.587. The number of nitrogens with two attached hydrogens (primary N) is 1. The van der Waals surface area contributed by atoms with Crippen molar-refractivity contribution in [1.29, 1.82) is 5.26 Å². The Bertz CT molecular complexity index is 465. The molecular weight excluding hydrogens is 208 g/mol. The molecule has 0 radical (unpaired) electrons. The highest BCUT2D eigenvalue weighted by molar-refractivity contribution is 5.77. The van der Waals surface area contributed by atoms with E-state index in [9.17, 15) is 4.79 Å². The highest BCUT2D eigenvalue weighted by Crippen LogP contribution is 2.25. The summed E-state index contributed by atoms with van der Waals surface area (Å²) < 4.78 is 10.2. The van der Waals surface area contributed by atoms with Gasteiger partial charge in [-0.3, -0.25) is 0 Å². The lowest BCUT2D eigenvalue weighted by atomic mass is 10.2.